The fourth-order valence-electron chi connectivity index (χ4n) is 5.61. The lowest BCUT2D eigenvalue weighted by molar-refractivity contribution is 0.548. The van der Waals surface area contributed by atoms with E-state index in [0.29, 0.717) is 0 Å². The van der Waals surface area contributed by atoms with Gasteiger partial charge in [-0.2, -0.15) is 10.5 Å². The van der Waals surface area contributed by atoms with Gasteiger partial charge in [-0.25, -0.2) is 5.32 Å². The van der Waals surface area contributed by atoms with E-state index in [0.717, 1.165) is 0 Å². The molecule has 1 N–H and O–H groups in total. The topological polar surface area (TPSA) is 59.6 Å². The maximum atomic E-state index is 7.48. The highest BCUT2D eigenvalue weighted by Gasteiger charge is 2.34. The van der Waals surface area contributed by atoms with Crippen molar-refractivity contribution in [1.82, 2.24) is 5.32 Å². The summed E-state index contributed by atoms with van der Waals surface area (Å²) in [6.07, 6.45) is 44.9. The average Bonchev–Trinajstić information content (AvgIpc) is 2.93. The zero-order chi connectivity index (χ0) is 28.4. The van der Waals surface area contributed by atoms with Crippen LogP contribution in [0.25, 0.3) is 0 Å². The number of nitriles is 2. The summed E-state index contributed by atoms with van der Waals surface area (Å²) in [7, 11) is -0.697. The molecule has 0 unspecified atom stereocenters. The second-order valence-electron chi connectivity index (χ2n) is 11.7. The molecule has 0 saturated carbocycles. The lowest BCUT2D eigenvalue weighted by Gasteiger charge is -2.28. The van der Waals surface area contributed by atoms with Crippen LogP contribution >= 0.6 is 7.26 Å². The van der Waals surface area contributed by atoms with Crippen molar-refractivity contribution in [3.8, 4) is 12.4 Å². The minimum Gasteiger partial charge on any atom is -0.229 e. The molecule has 0 aromatic rings. The molecule has 0 aliphatic heterocycles. The predicted molar refractivity (Wildman–Crippen MR) is 181 cm³/mol. The Morgan fingerprint density at radius 1 is 0.385 bits per heavy atom. The lowest BCUT2D eigenvalue weighted by Crippen LogP contribution is -2.13. The van der Waals surface area contributed by atoms with Gasteiger partial charge in [0.15, 0.2) is 12.4 Å². The van der Waals surface area contributed by atoms with Crippen LogP contribution in [0.4, 0.5) is 0 Å². The highest BCUT2D eigenvalue weighted by Crippen LogP contribution is 2.61. The van der Waals surface area contributed by atoms with Crippen LogP contribution in [-0.4, -0.2) is 24.6 Å². The maximum absolute atomic E-state index is 7.48. The number of nitrogens with zero attached hydrogens (tertiary/aromatic N) is 2. The van der Waals surface area contributed by atoms with E-state index in [-0.39, 0.29) is 7.43 Å². The summed E-state index contributed by atoms with van der Waals surface area (Å²) >= 11 is 0. The lowest BCUT2D eigenvalue weighted by atomic mass is 10.1. The molecule has 0 bridgehead atoms. The smallest absolute Gasteiger partial charge is 0.190 e. The Morgan fingerprint density at radius 3 is 0.795 bits per heavy atom. The van der Waals surface area contributed by atoms with Crippen molar-refractivity contribution in [2.45, 2.75) is 189 Å². The summed E-state index contributed by atoms with van der Waals surface area (Å²) in [5.41, 5.74) is 0. The second-order valence-corrected chi connectivity index (χ2v) is 16.1. The molecule has 0 aromatic carbocycles. The van der Waals surface area contributed by atoms with Gasteiger partial charge in [0, 0.05) is 7.26 Å². The summed E-state index contributed by atoms with van der Waals surface area (Å²) in [5.74, 6) is 0. The predicted octanol–water partition coefficient (Wildman–Crippen LogP) is 12.6. The van der Waals surface area contributed by atoms with Crippen LogP contribution in [-0.2, 0) is 0 Å². The van der Waals surface area contributed by atoms with Crippen molar-refractivity contribution in [3.05, 3.63) is 0 Å². The maximum Gasteiger partial charge on any atom is 0.190 e. The molecule has 0 atom stereocenters. The third kappa shape index (κ3) is 33.3. The van der Waals surface area contributed by atoms with Crippen LogP contribution < -0.4 is 5.32 Å². The van der Waals surface area contributed by atoms with Crippen LogP contribution in [0, 0.1) is 22.9 Å². The molecule has 3 nitrogen and oxygen atoms in total. The molecule has 0 heterocycles. The van der Waals surface area contributed by atoms with Gasteiger partial charge in [0.1, 0.15) is 0 Å². The van der Waals surface area contributed by atoms with E-state index in [1.54, 1.807) is 55.6 Å². The second kappa shape index (κ2) is 37.2. The van der Waals surface area contributed by atoms with Gasteiger partial charge in [-0.05, 0) is 51.4 Å². The summed E-state index contributed by atoms with van der Waals surface area (Å²) < 4.78 is 0. The quantitative estimate of drug-likeness (QED) is 0.0443. The Kier molecular flexibility index (Phi) is 40.7. The van der Waals surface area contributed by atoms with Gasteiger partial charge in [-0.3, -0.25) is 0 Å². The van der Waals surface area contributed by atoms with Crippen molar-refractivity contribution in [3.63, 3.8) is 0 Å². The Labute approximate surface area is 249 Å². The molecule has 0 radical (unpaired) electrons. The number of unbranched alkanes of at least 4 members (excludes halogenated alkanes) is 20. The van der Waals surface area contributed by atoms with Gasteiger partial charge in [0.2, 0.25) is 0 Å². The fourth-order valence-corrected chi connectivity index (χ4v) is 10.5. The molecule has 0 aromatic heterocycles. The van der Waals surface area contributed by atoms with Gasteiger partial charge in [0.25, 0.3) is 0 Å². The highest BCUT2D eigenvalue weighted by molar-refractivity contribution is 7.75. The minimum absolute atomic E-state index is 0. The van der Waals surface area contributed by atoms with Gasteiger partial charge < -0.3 is 0 Å². The van der Waals surface area contributed by atoms with Gasteiger partial charge in [0.05, 0.1) is 24.6 Å². The number of hydrogen-bond acceptors (Lipinski definition) is 3. The van der Waals surface area contributed by atoms with Crippen LogP contribution in [0.2, 0.25) is 0 Å². The van der Waals surface area contributed by atoms with E-state index in [1.165, 1.54) is 141 Å². The summed E-state index contributed by atoms with van der Waals surface area (Å²) in [6, 6.07) is 0. The first kappa shape index (κ1) is 42.7. The molecule has 4 heteroatoms. The molecule has 0 amide bonds. The Hall–Kier alpha value is -0.790. The van der Waals surface area contributed by atoms with Crippen molar-refractivity contribution in [2.75, 3.05) is 24.6 Å². The molecule has 39 heavy (non-hydrogen) atoms. The molecule has 0 saturated heterocycles. The number of nitrogens with one attached hydrogen (secondary N) is 1. The number of hydrogen-bond donors (Lipinski definition) is 1. The average molecular weight is 567 g/mol. The van der Waals surface area contributed by atoms with Crippen molar-refractivity contribution >= 4 is 7.26 Å². The standard InChI is InChI=1S/C32H68P.C2HN3.CH4/c1-5-9-13-17-18-19-20-21-22-23-24-28-32-33(29-25-14-10-6-2,30-26-15-11-7-3)31-27-16-12-8-4;3-1-5-2-4;/h5-32H2,1-4H3;5H;1H4/q+1;;. The fraction of sp³-hybridized carbons (Fsp3) is 0.943. The highest BCUT2D eigenvalue weighted by atomic mass is 31.2. The zero-order valence-electron chi connectivity index (χ0n) is 26.6. The monoisotopic (exact) mass is 567 g/mol. The SMILES string of the molecule is C.CCCCCCCCCCCCCC[P+](CCCCCC)(CCCCCC)CCCCCC.N#CNC#N. The van der Waals surface area contributed by atoms with Gasteiger partial charge >= 0.3 is 0 Å². The first-order valence-electron chi connectivity index (χ1n) is 17.0. The van der Waals surface area contributed by atoms with Gasteiger partial charge in [-0.1, -0.05) is 138 Å². The minimum atomic E-state index is -0.697. The van der Waals surface area contributed by atoms with E-state index in [9.17, 15) is 0 Å². The van der Waals surface area contributed by atoms with E-state index in [4.69, 9.17) is 10.5 Å². The van der Waals surface area contributed by atoms with Crippen LogP contribution in [0.15, 0.2) is 0 Å². The Morgan fingerprint density at radius 2 is 0.590 bits per heavy atom. The molecular formula is C35H73N3P+. The molecule has 0 aliphatic rings. The zero-order valence-corrected chi connectivity index (χ0v) is 27.5. The largest absolute Gasteiger partial charge is 0.229 e. The van der Waals surface area contributed by atoms with E-state index >= 15 is 0 Å². The Balaban J connectivity index is -0.00000196. The van der Waals surface area contributed by atoms with Crippen molar-refractivity contribution in [1.29, 1.82) is 10.5 Å². The van der Waals surface area contributed by atoms with Crippen LogP contribution in [0.3, 0.4) is 0 Å². The summed E-state index contributed by atoms with van der Waals surface area (Å²) in [5, 5.41) is 16.7. The van der Waals surface area contributed by atoms with Crippen LogP contribution in [0.1, 0.15) is 189 Å². The van der Waals surface area contributed by atoms with E-state index in [1.807, 2.05) is 0 Å². The van der Waals surface area contributed by atoms with Crippen molar-refractivity contribution in [2.24, 2.45) is 0 Å². The van der Waals surface area contributed by atoms with Crippen LogP contribution in [0.5, 0.6) is 0 Å². The molecule has 0 rings (SSSR count). The number of rotatable bonds is 28. The first-order valence-corrected chi connectivity index (χ1v) is 19.6. The molecular weight excluding hydrogens is 493 g/mol. The van der Waals surface area contributed by atoms with E-state index < -0.39 is 7.26 Å². The normalized spacial score (nSPS) is 10.6. The molecule has 0 aliphatic carbocycles. The summed E-state index contributed by atoms with van der Waals surface area (Å²) in [6.45, 7) is 9.41. The molecule has 232 valence electrons. The van der Waals surface area contributed by atoms with Gasteiger partial charge in [-0.15, -0.1) is 0 Å². The molecule has 0 spiro atoms. The third-order valence-corrected chi connectivity index (χ3v) is 13.1. The molecule has 0 fully saturated rings. The van der Waals surface area contributed by atoms with Crippen molar-refractivity contribution < 1.29 is 0 Å². The first-order chi connectivity index (χ1) is 18.7. The third-order valence-electron chi connectivity index (χ3n) is 8.06. The Bertz CT molecular complexity index is 480. The van der Waals surface area contributed by atoms with E-state index in [2.05, 4.69) is 27.7 Å². The summed E-state index contributed by atoms with van der Waals surface area (Å²) in [4.78, 5) is 0.